The van der Waals surface area contributed by atoms with E-state index >= 15 is 0 Å². The van der Waals surface area contributed by atoms with Crippen LogP contribution in [0.15, 0.2) is 29.3 Å². The summed E-state index contributed by atoms with van der Waals surface area (Å²) in [6.07, 6.45) is 4.16. The van der Waals surface area contributed by atoms with Gasteiger partial charge in [-0.1, -0.05) is 12.1 Å². The molecule has 1 aromatic rings. The van der Waals surface area contributed by atoms with Crippen LogP contribution in [0.3, 0.4) is 0 Å². The van der Waals surface area contributed by atoms with Crippen LogP contribution in [0.5, 0.6) is 0 Å². The van der Waals surface area contributed by atoms with Crippen LogP contribution in [0.1, 0.15) is 31.7 Å². The normalized spacial score (nSPS) is 15.2. The van der Waals surface area contributed by atoms with Gasteiger partial charge in [-0.05, 0) is 50.3 Å². The number of hydrogen-bond acceptors (Lipinski definition) is 2. The number of hydrogen-bond donors (Lipinski definition) is 2. The molecule has 2 N–H and O–H groups in total. The van der Waals surface area contributed by atoms with Gasteiger partial charge in [-0.25, -0.2) is 9.38 Å². The Morgan fingerprint density at radius 2 is 1.88 bits per heavy atom. The molecule has 1 aromatic carbocycles. The van der Waals surface area contributed by atoms with E-state index in [1.54, 1.807) is 12.1 Å². The number of nitrogens with one attached hydrogen (secondary N) is 2. The summed E-state index contributed by atoms with van der Waals surface area (Å²) in [4.78, 5) is 18.4. The van der Waals surface area contributed by atoms with Crippen LogP contribution in [0, 0.1) is 5.82 Å². The van der Waals surface area contributed by atoms with Crippen LogP contribution in [0.4, 0.5) is 4.39 Å². The van der Waals surface area contributed by atoms with Gasteiger partial charge in [0.1, 0.15) is 12.4 Å². The van der Waals surface area contributed by atoms with Crippen molar-refractivity contribution in [3.63, 3.8) is 0 Å². The van der Waals surface area contributed by atoms with Gasteiger partial charge < -0.3 is 15.5 Å². The van der Waals surface area contributed by atoms with Gasteiger partial charge in [-0.2, -0.15) is 0 Å². The summed E-state index contributed by atoms with van der Waals surface area (Å²) in [6.45, 7) is 5.27. The minimum Gasteiger partial charge on any atom is -0.357 e. The molecule has 0 atom stereocenters. The predicted octanol–water partition coefficient (Wildman–Crippen LogP) is 1.94. The molecule has 2 rings (SSSR count). The van der Waals surface area contributed by atoms with Crippen LogP contribution in [-0.2, 0) is 11.2 Å². The molecule has 1 fully saturated rings. The van der Waals surface area contributed by atoms with E-state index in [1.165, 1.54) is 18.6 Å². The highest BCUT2D eigenvalue weighted by atomic mass is 19.1. The fourth-order valence-electron chi connectivity index (χ4n) is 2.71. The number of benzene rings is 1. The number of piperidine rings is 1. The third kappa shape index (κ3) is 6.18. The Hall–Kier alpha value is -2.11. The van der Waals surface area contributed by atoms with Crippen LogP contribution in [0.25, 0.3) is 0 Å². The molecule has 0 bridgehead atoms. The highest BCUT2D eigenvalue weighted by Gasteiger charge is 2.15. The van der Waals surface area contributed by atoms with Gasteiger partial charge in [-0.3, -0.25) is 4.79 Å². The van der Waals surface area contributed by atoms with Crippen LogP contribution >= 0.6 is 0 Å². The molecule has 1 aliphatic rings. The molecule has 0 radical (unpaired) electrons. The Morgan fingerprint density at radius 3 is 2.54 bits per heavy atom. The van der Waals surface area contributed by atoms with Gasteiger partial charge in [0.25, 0.3) is 0 Å². The van der Waals surface area contributed by atoms with Crippen molar-refractivity contribution in [3.8, 4) is 0 Å². The Balaban J connectivity index is 1.79. The quantitative estimate of drug-likeness (QED) is 0.617. The highest BCUT2D eigenvalue weighted by molar-refractivity contribution is 5.85. The summed E-state index contributed by atoms with van der Waals surface area (Å²) in [5.41, 5.74) is 1.06. The number of rotatable bonds is 6. The average Bonchev–Trinajstić information content (AvgIpc) is 2.62. The standard InChI is InChI=1S/C18H27FN4O/c1-2-20-18(21-11-10-15-6-8-16(19)9-7-15)22-14-17(24)23-12-4-3-5-13-23/h6-9H,2-5,10-14H2,1H3,(H2,20,21,22). The summed E-state index contributed by atoms with van der Waals surface area (Å²) in [5.74, 6) is 0.508. The molecule has 24 heavy (non-hydrogen) atoms. The summed E-state index contributed by atoms with van der Waals surface area (Å²) < 4.78 is 12.9. The van der Waals surface area contributed by atoms with E-state index in [4.69, 9.17) is 0 Å². The van der Waals surface area contributed by atoms with Crippen LogP contribution in [-0.4, -0.2) is 49.5 Å². The number of aliphatic imine (C=N–C) groups is 1. The topological polar surface area (TPSA) is 56.7 Å². The van der Waals surface area contributed by atoms with Gasteiger partial charge in [-0.15, -0.1) is 0 Å². The van der Waals surface area contributed by atoms with E-state index in [2.05, 4.69) is 15.6 Å². The molecule has 0 spiro atoms. The zero-order valence-electron chi connectivity index (χ0n) is 14.4. The first-order chi connectivity index (χ1) is 11.7. The maximum Gasteiger partial charge on any atom is 0.244 e. The second-order valence-electron chi connectivity index (χ2n) is 5.94. The number of halogens is 1. The van der Waals surface area contributed by atoms with Crippen molar-refractivity contribution in [3.05, 3.63) is 35.6 Å². The van der Waals surface area contributed by atoms with Gasteiger partial charge in [0.2, 0.25) is 5.91 Å². The lowest BCUT2D eigenvalue weighted by Crippen LogP contribution is -2.41. The zero-order valence-corrected chi connectivity index (χ0v) is 14.4. The number of carbonyl (C=O) groups is 1. The van der Waals surface area contributed by atoms with E-state index in [1.807, 2.05) is 11.8 Å². The molecule has 1 saturated heterocycles. The fraction of sp³-hybridized carbons (Fsp3) is 0.556. The molecule has 0 aliphatic carbocycles. The Kier molecular flexibility index (Phi) is 7.52. The lowest BCUT2D eigenvalue weighted by Gasteiger charge is -2.26. The van der Waals surface area contributed by atoms with Crippen molar-refractivity contribution in [1.29, 1.82) is 0 Å². The second-order valence-corrected chi connectivity index (χ2v) is 5.94. The van der Waals surface area contributed by atoms with Crippen molar-refractivity contribution in [1.82, 2.24) is 15.5 Å². The van der Waals surface area contributed by atoms with E-state index < -0.39 is 0 Å². The summed E-state index contributed by atoms with van der Waals surface area (Å²) in [5, 5.41) is 6.36. The fourth-order valence-corrected chi connectivity index (χ4v) is 2.71. The van der Waals surface area contributed by atoms with Gasteiger partial charge in [0.15, 0.2) is 5.96 Å². The van der Waals surface area contributed by atoms with E-state index in [0.29, 0.717) is 12.5 Å². The molecule has 6 heteroatoms. The van der Waals surface area contributed by atoms with Crippen LogP contribution < -0.4 is 10.6 Å². The largest absolute Gasteiger partial charge is 0.357 e. The lowest BCUT2D eigenvalue weighted by molar-refractivity contribution is -0.130. The smallest absolute Gasteiger partial charge is 0.244 e. The maximum atomic E-state index is 12.9. The summed E-state index contributed by atoms with van der Waals surface area (Å²) in [7, 11) is 0. The van der Waals surface area contributed by atoms with Crippen molar-refractivity contribution in [2.24, 2.45) is 4.99 Å². The molecule has 1 heterocycles. The number of guanidine groups is 1. The van der Waals surface area contributed by atoms with E-state index in [0.717, 1.165) is 44.5 Å². The zero-order chi connectivity index (χ0) is 17.2. The predicted molar refractivity (Wildman–Crippen MR) is 94.5 cm³/mol. The molecule has 1 aliphatic heterocycles. The van der Waals surface area contributed by atoms with Gasteiger partial charge in [0, 0.05) is 26.2 Å². The van der Waals surface area contributed by atoms with Crippen LogP contribution in [0.2, 0.25) is 0 Å². The number of amides is 1. The van der Waals surface area contributed by atoms with Gasteiger partial charge >= 0.3 is 0 Å². The Labute approximate surface area is 143 Å². The highest BCUT2D eigenvalue weighted by Crippen LogP contribution is 2.08. The summed E-state index contributed by atoms with van der Waals surface area (Å²) in [6, 6.07) is 6.49. The molecule has 0 aromatic heterocycles. The molecule has 0 saturated carbocycles. The SMILES string of the molecule is CCNC(=NCC(=O)N1CCCCC1)NCCc1ccc(F)cc1. The summed E-state index contributed by atoms with van der Waals surface area (Å²) >= 11 is 0. The van der Waals surface area contributed by atoms with Crippen molar-refractivity contribution < 1.29 is 9.18 Å². The van der Waals surface area contributed by atoms with Crippen molar-refractivity contribution >= 4 is 11.9 Å². The van der Waals surface area contributed by atoms with E-state index in [-0.39, 0.29) is 18.3 Å². The first-order valence-corrected chi connectivity index (χ1v) is 8.73. The molecule has 1 amide bonds. The molecule has 5 nitrogen and oxygen atoms in total. The first kappa shape index (κ1) is 18.2. The molecular weight excluding hydrogens is 307 g/mol. The maximum absolute atomic E-state index is 12.9. The first-order valence-electron chi connectivity index (χ1n) is 8.73. The minimum absolute atomic E-state index is 0.0884. The second kappa shape index (κ2) is 9.90. The van der Waals surface area contributed by atoms with Crippen molar-refractivity contribution in [2.45, 2.75) is 32.6 Å². The molecular formula is C18H27FN4O. The Bertz CT molecular complexity index is 538. The number of nitrogens with zero attached hydrogens (tertiary/aromatic N) is 2. The monoisotopic (exact) mass is 334 g/mol. The third-order valence-electron chi connectivity index (χ3n) is 4.04. The van der Waals surface area contributed by atoms with Gasteiger partial charge in [0.05, 0.1) is 0 Å². The lowest BCUT2D eigenvalue weighted by atomic mass is 10.1. The molecule has 132 valence electrons. The van der Waals surface area contributed by atoms with E-state index in [9.17, 15) is 9.18 Å². The van der Waals surface area contributed by atoms with Crippen molar-refractivity contribution in [2.75, 3.05) is 32.7 Å². The Morgan fingerprint density at radius 1 is 1.17 bits per heavy atom. The number of carbonyl (C=O) groups excluding carboxylic acids is 1. The number of likely N-dealkylation sites (tertiary alicyclic amines) is 1. The minimum atomic E-state index is -0.224. The third-order valence-corrected chi connectivity index (χ3v) is 4.04. The average molecular weight is 334 g/mol. The molecule has 0 unspecified atom stereocenters.